The molecule has 3 nitrogen and oxygen atoms in total. The number of halogens is 2. The van der Waals surface area contributed by atoms with Gasteiger partial charge in [-0.3, -0.25) is 0 Å². The first-order valence-electron chi connectivity index (χ1n) is 7.37. The summed E-state index contributed by atoms with van der Waals surface area (Å²) in [5.41, 5.74) is 0.982. The summed E-state index contributed by atoms with van der Waals surface area (Å²) < 4.78 is 34.4. The Balaban J connectivity index is 2.84. The van der Waals surface area contributed by atoms with Crippen molar-refractivity contribution in [2.45, 2.75) is 58.7 Å². The van der Waals surface area contributed by atoms with Gasteiger partial charge in [0.1, 0.15) is 0 Å². The number of ether oxygens (including phenoxy) is 2. The van der Waals surface area contributed by atoms with Crippen LogP contribution >= 0.6 is 0 Å². The molecule has 1 aromatic carbocycles. The Morgan fingerprint density at radius 2 is 1.71 bits per heavy atom. The average molecular weight is 301 g/mol. The number of rotatable bonds is 9. The van der Waals surface area contributed by atoms with Gasteiger partial charge in [0.15, 0.2) is 11.5 Å². The highest BCUT2D eigenvalue weighted by Crippen LogP contribution is 2.30. The van der Waals surface area contributed by atoms with E-state index in [1.807, 2.05) is 6.07 Å². The summed E-state index contributed by atoms with van der Waals surface area (Å²) in [4.78, 5) is 0. The normalized spacial score (nSPS) is 11.8. The van der Waals surface area contributed by atoms with Crippen LogP contribution in [0, 0.1) is 0 Å². The Morgan fingerprint density at radius 3 is 2.19 bits per heavy atom. The lowest BCUT2D eigenvalue weighted by Gasteiger charge is -2.32. The van der Waals surface area contributed by atoms with Crippen LogP contribution in [0.1, 0.15) is 45.6 Å². The van der Waals surface area contributed by atoms with Crippen molar-refractivity contribution in [3.8, 4) is 11.5 Å². The third kappa shape index (κ3) is 4.84. The molecule has 0 saturated carbocycles. The molecule has 0 saturated heterocycles. The molecule has 5 heteroatoms. The van der Waals surface area contributed by atoms with Gasteiger partial charge in [-0.15, -0.1) is 0 Å². The lowest BCUT2D eigenvalue weighted by molar-refractivity contribution is -0.0512. The molecule has 0 atom stereocenters. The number of alkyl halides is 2. The highest BCUT2D eigenvalue weighted by atomic mass is 19.3. The van der Waals surface area contributed by atoms with Crippen molar-refractivity contribution in [1.29, 1.82) is 0 Å². The van der Waals surface area contributed by atoms with E-state index in [-0.39, 0.29) is 11.3 Å². The van der Waals surface area contributed by atoms with Gasteiger partial charge in [-0.05, 0) is 37.0 Å². The second-order valence-electron chi connectivity index (χ2n) is 5.06. The quantitative estimate of drug-likeness (QED) is 0.735. The second kappa shape index (κ2) is 8.17. The largest absolute Gasteiger partial charge is 0.493 e. The predicted molar refractivity (Wildman–Crippen MR) is 80.1 cm³/mol. The first kappa shape index (κ1) is 17.7. The molecule has 1 rings (SSSR count). The number of hydrogen-bond donors (Lipinski definition) is 1. The molecule has 0 aliphatic rings. The van der Waals surface area contributed by atoms with Crippen molar-refractivity contribution in [3.63, 3.8) is 0 Å². The summed E-state index contributed by atoms with van der Waals surface area (Å²) in [6.45, 7) is 4.21. The van der Waals surface area contributed by atoms with E-state index in [1.54, 1.807) is 12.1 Å². The Labute approximate surface area is 125 Å². The van der Waals surface area contributed by atoms with Crippen LogP contribution in [-0.2, 0) is 6.54 Å². The summed E-state index contributed by atoms with van der Waals surface area (Å²) >= 11 is 0. The molecule has 0 radical (unpaired) electrons. The molecule has 0 aliphatic carbocycles. The van der Waals surface area contributed by atoms with Crippen LogP contribution in [0.15, 0.2) is 18.2 Å². The molecule has 0 aliphatic heterocycles. The summed E-state index contributed by atoms with van der Waals surface area (Å²) in [5, 5.41) is 3.53. The van der Waals surface area contributed by atoms with Crippen LogP contribution in [-0.4, -0.2) is 19.3 Å². The van der Waals surface area contributed by atoms with Gasteiger partial charge >= 0.3 is 6.61 Å². The number of methoxy groups -OCH3 is 1. The molecule has 0 spiro atoms. The minimum atomic E-state index is -2.86. The number of nitrogens with one attached hydrogen (secondary N) is 1. The van der Waals surface area contributed by atoms with Gasteiger partial charge in [-0.25, -0.2) is 0 Å². The molecule has 1 aromatic rings. The predicted octanol–water partition coefficient (Wildman–Crippen LogP) is 4.36. The fraction of sp³-hybridized carbons (Fsp3) is 0.625. The highest BCUT2D eigenvalue weighted by molar-refractivity contribution is 5.43. The lowest BCUT2D eigenvalue weighted by Crippen LogP contribution is -2.43. The van der Waals surface area contributed by atoms with E-state index < -0.39 is 6.61 Å². The van der Waals surface area contributed by atoms with Gasteiger partial charge in [0.2, 0.25) is 0 Å². The van der Waals surface area contributed by atoms with Crippen LogP contribution in [0.4, 0.5) is 8.78 Å². The highest BCUT2D eigenvalue weighted by Gasteiger charge is 2.22. The fourth-order valence-electron chi connectivity index (χ4n) is 2.43. The van der Waals surface area contributed by atoms with Crippen LogP contribution in [0.3, 0.4) is 0 Å². The van der Waals surface area contributed by atoms with Crippen molar-refractivity contribution < 1.29 is 18.3 Å². The van der Waals surface area contributed by atoms with Crippen LogP contribution in [0.25, 0.3) is 0 Å². The monoisotopic (exact) mass is 301 g/mol. The maximum atomic E-state index is 12.4. The van der Waals surface area contributed by atoms with E-state index >= 15 is 0 Å². The smallest absolute Gasteiger partial charge is 0.387 e. The molecule has 0 bridgehead atoms. The topological polar surface area (TPSA) is 30.5 Å². The summed E-state index contributed by atoms with van der Waals surface area (Å²) in [6, 6.07) is 5.11. The van der Waals surface area contributed by atoms with Gasteiger partial charge in [0.25, 0.3) is 0 Å². The standard InChI is InChI=1S/C16H25F2NO2/c1-5-16(6-2,7-3)19-11-12-8-9-13(20-4)14(10-12)21-15(17)18/h8-10,15,19H,5-7,11H2,1-4H3. The minimum absolute atomic E-state index is 0.0712. The van der Waals surface area contributed by atoms with Crippen LogP contribution < -0.4 is 14.8 Å². The summed E-state index contributed by atoms with van der Waals surface area (Å²) in [5.74, 6) is 0.383. The number of benzene rings is 1. The Kier molecular flexibility index (Phi) is 6.89. The molecule has 0 heterocycles. The minimum Gasteiger partial charge on any atom is -0.493 e. The van der Waals surface area contributed by atoms with E-state index in [1.165, 1.54) is 7.11 Å². The molecule has 0 fully saturated rings. The molecule has 120 valence electrons. The zero-order valence-corrected chi connectivity index (χ0v) is 13.2. The van der Waals surface area contributed by atoms with Gasteiger partial charge in [0.05, 0.1) is 7.11 Å². The molecule has 0 amide bonds. The van der Waals surface area contributed by atoms with Crippen LogP contribution in [0.5, 0.6) is 11.5 Å². The van der Waals surface area contributed by atoms with Crippen molar-refractivity contribution >= 4 is 0 Å². The summed E-state index contributed by atoms with van der Waals surface area (Å²) in [6.07, 6.45) is 3.07. The molecule has 0 aromatic heterocycles. The lowest BCUT2D eigenvalue weighted by atomic mass is 9.89. The Bertz CT molecular complexity index is 426. The van der Waals surface area contributed by atoms with E-state index in [4.69, 9.17) is 4.74 Å². The third-order valence-corrected chi connectivity index (χ3v) is 4.14. The molecular formula is C16H25F2NO2. The zero-order chi connectivity index (χ0) is 15.9. The SMILES string of the molecule is CCC(CC)(CC)NCc1ccc(OC)c(OC(F)F)c1. The zero-order valence-electron chi connectivity index (χ0n) is 13.2. The van der Waals surface area contributed by atoms with Crippen molar-refractivity contribution in [2.75, 3.05) is 7.11 Å². The van der Waals surface area contributed by atoms with Crippen molar-refractivity contribution in [3.05, 3.63) is 23.8 Å². The fourth-order valence-corrected chi connectivity index (χ4v) is 2.43. The van der Waals surface area contributed by atoms with Gasteiger partial charge in [-0.2, -0.15) is 8.78 Å². The van der Waals surface area contributed by atoms with Gasteiger partial charge in [0, 0.05) is 12.1 Å². The maximum absolute atomic E-state index is 12.4. The van der Waals surface area contributed by atoms with E-state index in [2.05, 4.69) is 30.8 Å². The third-order valence-electron chi connectivity index (χ3n) is 4.14. The van der Waals surface area contributed by atoms with Crippen LogP contribution in [0.2, 0.25) is 0 Å². The molecule has 0 unspecified atom stereocenters. The molecule has 21 heavy (non-hydrogen) atoms. The van der Waals surface area contributed by atoms with E-state index in [9.17, 15) is 8.78 Å². The Hall–Kier alpha value is -1.36. The Morgan fingerprint density at radius 1 is 1.10 bits per heavy atom. The second-order valence-corrected chi connectivity index (χ2v) is 5.06. The van der Waals surface area contributed by atoms with Gasteiger partial charge in [-0.1, -0.05) is 26.8 Å². The first-order valence-corrected chi connectivity index (χ1v) is 7.37. The average Bonchev–Trinajstić information content (AvgIpc) is 2.49. The molecule has 1 N–H and O–H groups in total. The molecular weight excluding hydrogens is 276 g/mol. The van der Waals surface area contributed by atoms with E-state index in [0.29, 0.717) is 12.3 Å². The number of hydrogen-bond acceptors (Lipinski definition) is 3. The van der Waals surface area contributed by atoms with Crippen molar-refractivity contribution in [2.24, 2.45) is 0 Å². The first-order chi connectivity index (χ1) is 10.00. The summed E-state index contributed by atoms with van der Waals surface area (Å²) in [7, 11) is 1.43. The van der Waals surface area contributed by atoms with Gasteiger partial charge < -0.3 is 14.8 Å². The van der Waals surface area contributed by atoms with E-state index in [0.717, 1.165) is 24.8 Å². The maximum Gasteiger partial charge on any atom is 0.387 e. The van der Waals surface area contributed by atoms with Crippen molar-refractivity contribution in [1.82, 2.24) is 5.32 Å².